The highest BCUT2D eigenvalue weighted by molar-refractivity contribution is 6.15. The number of unbranched alkanes of at least 4 members (excludes halogenated alkanes) is 1. The van der Waals surface area contributed by atoms with Gasteiger partial charge in [-0.3, -0.25) is 28.8 Å². The Kier molecular flexibility index (Phi) is 10.9. The Morgan fingerprint density at radius 1 is 0.895 bits per heavy atom. The molecule has 13 nitrogen and oxygen atoms in total. The first-order valence-corrected chi connectivity index (χ1v) is 13.1. The van der Waals surface area contributed by atoms with E-state index < -0.39 is 58.9 Å². The van der Waals surface area contributed by atoms with Crippen LogP contribution in [0, 0.1) is 0 Å². The second-order valence-electron chi connectivity index (χ2n) is 10.8. The molecule has 14 heteroatoms. The van der Waals surface area contributed by atoms with Crippen molar-refractivity contribution in [2.75, 3.05) is 6.61 Å². The summed E-state index contributed by atoms with van der Waals surface area (Å²) in [4.78, 5) is 76.7. The molecule has 2 rings (SSSR count). The molecule has 4 atom stereocenters. The summed E-state index contributed by atoms with van der Waals surface area (Å²) in [7, 11) is 0. The van der Waals surface area contributed by atoms with Crippen LogP contribution in [0.3, 0.4) is 0 Å². The van der Waals surface area contributed by atoms with E-state index in [-0.39, 0.29) is 37.5 Å². The Balaban J connectivity index is 1.94. The molecule has 0 bridgehead atoms. The number of halogens is 1. The highest BCUT2D eigenvalue weighted by atomic mass is 35.5. The number of esters is 1. The van der Waals surface area contributed by atoms with E-state index in [2.05, 4.69) is 31.4 Å². The summed E-state index contributed by atoms with van der Waals surface area (Å²) < 4.78 is 5.16. The minimum atomic E-state index is -1.37. The van der Waals surface area contributed by atoms with Crippen molar-refractivity contribution in [3.63, 3.8) is 0 Å². The molecule has 2 saturated heterocycles. The Bertz CT molecular complexity index is 941. The van der Waals surface area contributed by atoms with Crippen molar-refractivity contribution in [1.29, 1.82) is 0 Å². The van der Waals surface area contributed by atoms with Crippen LogP contribution >= 0.6 is 11.8 Å². The van der Waals surface area contributed by atoms with Crippen LogP contribution in [0.25, 0.3) is 0 Å². The highest BCUT2D eigenvalue weighted by Gasteiger charge is 2.41. The maximum Gasteiger partial charge on any atom is 0.307 e. The number of hydrogen-bond acceptors (Lipinski definition) is 8. The van der Waals surface area contributed by atoms with Gasteiger partial charge >= 0.3 is 5.97 Å². The molecule has 2 fully saturated rings. The molecule has 2 aliphatic rings. The predicted molar refractivity (Wildman–Crippen MR) is 137 cm³/mol. The zero-order chi connectivity index (χ0) is 28.7. The predicted octanol–water partition coefficient (Wildman–Crippen LogP) is -0.727. The van der Waals surface area contributed by atoms with Gasteiger partial charge in [-0.2, -0.15) is 0 Å². The van der Waals surface area contributed by atoms with Gasteiger partial charge in [-0.15, -0.1) is 0 Å². The first-order chi connectivity index (χ1) is 17.7. The van der Waals surface area contributed by atoms with Crippen molar-refractivity contribution >= 4 is 47.3 Å². The molecule has 0 unspecified atom stereocenters. The first-order valence-electron chi connectivity index (χ1n) is 12.7. The maximum atomic E-state index is 13.0. The standard InChI is InChI=1S/C24H39ClN6O7/c1-6-7-8-38-20(35)12-16-15(10-18(33)27-16)28-21(36)23(2,3)30-19(34)11-13-14(9-17(32)26-13)29-22(37)24(4,5)31-25/h13-16,31H,6-12H2,1-5H3,(H,26,32)(H,27,33)(H,28,36)(H,29,37)(H,30,34)/t13-,14+,15+,16-/m1/s1. The Morgan fingerprint density at radius 3 is 1.89 bits per heavy atom. The number of carbonyl (C=O) groups is 6. The third-order valence-electron chi connectivity index (χ3n) is 6.48. The van der Waals surface area contributed by atoms with Crippen LogP contribution < -0.4 is 31.4 Å². The molecular formula is C24H39ClN6O7. The molecule has 0 aromatic carbocycles. The number of hydrogen-bond donors (Lipinski definition) is 6. The molecule has 0 spiro atoms. The smallest absolute Gasteiger partial charge is 0.307 e. The fourth-order valence-electron chi connectivity index (χ4n) is 4.07. The number of carbonyl (C=O) groups excluding carboxylic acids is 6. The van der Waals surface area contributed by atoms with Gasteiger partial charge in [-0.1, -0.05) is 13.3 Å². The Morgan fingerprint density at radius 2 is 1.39 bits per heavy atom. The Labute approximate surface area is 227 Å². The lowest BCUT2D eigenvalue weighted by Crippen LogP contribution is -2.59. The van der Waals surface area contributed by atoms with Gasteiger partial charge in [0.2, 0.25) is 29.5 Å². The van der Waals surface area contributed by atoms with E-state index in [0.29, 0.717) is 6.61 Å². The third-order valence-corrected chi connectivity index (χ3v) is 6.96. The lowest BCUT2D eigenvalue weighted by atomic mass is 9.99. The fraction of sp³-hybridized carbons (Fsp3) is 0.750. The normalized spacial score (nSPS) is 23.3. The third kappa shape index (κ3) is 8.83. The van der Waals surface area contributed by atoms with E-state index in [9.17, 15) is 28.8 Å². The van der Waals surface area contributed by atoms with Crippen LogP contribution in [-0.2, 0) is 33.5 Å². The van der Waals surface area contributed by atoms with E-state index in [0.717, 1.165) is 12.8 Å². The van der Waals surface area contributed by atoms with Gasteiger partial charge in [0, 0.05) is 19.3 Å². The van der Waals surface area contributed by atoms with E-state index in [4.69, 9.17) is 16.5 Å². The van der Waals surface area contributed by atoms with Crippen LogP contribution in [0.5, 0.6) is 0 Å². The number of rotatable bonds is 13. The minimum absolute atomic E-state index is 0.00307. The summed E-state index contributed by atoms with van der Waals surface area (Å²) in [6, 6.07) is -2.61. The molecule has 2 heterocycles. The molecule has 0 aromatic heterocycles. The summed E-state index contributed by atoms with van der Waals surface area (Å²) in [5.41, 5.74) is -2.47. The average Bonchev–Trinajstić information content (AvgIpc) is 3.33. The molecular weight excluding hydrogens is 520 g/mol. The van der Waals surface area contributed by atoms with Crippen molar-refractivity contribution in [1.82, 2.24) is 31.4 Å². The van der Waals surface area contributed by atoms with Crippen LogP contribution in [0.1, 0.15) is 73.1 Å². The van der Waals surface area contributed by atoms with Crippen molar-refractivity contribution in [3.05, 3.63) is 0 Å². The van der Waals surface area contributed by atoms with E-state index in [1.807, 2.05) is 6.92 Å². The molecule has 0 aliphatic carbocycles. The highest BCUT2D eigenvalue weighted by Crippen LogP contribution is 2.17. The summed E-state index contributed by atoms with van der Waals surface area (Å²) in [6.07, 6.45) is 1.33. The zero-order valence-electron chi connectivity index (χ0n) is 22.5. The molecule has 0 radical (unpaired) electrons. The van der Waals surface area contributed by atoms with Gasteiger partial charge in [-0.25, -0.2) is 4.84 Å². The lowest BCUT2D eigenvalue weighted by Gasteiger charge is -2.30. The number of ether oxygens (including phenoxy) is 1. The molecule has 214 valence electrons. The molecule has 0 saturated carbocycles. The second kappa shape index (κ2) is 13.2. The van der Waals surface area contributed by atoms with Crippen LogP contribution in [0.15, 0.2) is 0 Å². The largest absolute Gasteiger partial charge is 0.466 e. The second-order valence-corrected chi connectivity index (χ2v) is 11.0. The number of nitrogens with one attached hydrogen (secondary N) is 6. The van der Waals surface area contributed by atoms with Crippen LogP contribution in [0.2, 0.25) is 0 Å². The molecule has 6 N–H and O–H groups in total. The fourth-order valence-corrected chi connectivity index (χ4v) is 4.16. The van der Waals surface area contributed by atoms with Gasteiger partial charge in [0.15, 0.2) is 0 Å². The molecule has 0 aromatic rings. The van der Waals surface area contributed by atoms with Crippen molar-refractivity contribution < 1.29 is 33.5 Å². The SMILES string of the molecule is CCCCOC(=O)C[C@H]1NC(=O)C[C@@H]1NC(=O)C(C)(C)NC(=O)C[C@H]1NC(=O)C[C@@H]1NC(=O)C(C)(C)NCl. The summed E-state index contributed by atoms with van der Waals surface area (Å²) in [5.74, 6) is -2.61. The molecule has 5 amide bonds. The van der Waals surface area contributed by atoms with Crippen molar-refractivity contribution in [2.45, 2.75) is 108 Å². The topological polar surface area (TPSA) is 184 Å². The molecule has 38 heavy (non-hydrogen) atoms. The quantitative estimate of drug-likeness (QED) is 0.0970. The van der Waals surface area contributed by atoms with Gasteiger partial charge < -0.3 is 31.3 Å². The number of amides is 5. The lowest BCUT2D eigenvalue weighted by molar-refractivity contribution is -0.144. The van der Waals surface area contributed by atoms with Gasteiger partial charge in [0.05, 0.1) is 37.2 Å². The summed E-state index contributed by atoms with van der Waals surface area (Å²) >= 11 is 5.61. The van der Waals surface area contributed by atoms with E-state index >= 15 is 0 Å². The summed E-state index contributed by atoms with van der Waals surface area (Å²) in [6.45, 7) is 8.39. The van der Waals surface area contributed by atoms with Gasteiger partial charge in [0.25, 0.3) is 0 Å². The van der Waals surface area contributed by atoms with Gasteiger partial charge in [0.1, 0.15) is 11.1 Å². The zero-order valence-corrected chi connectivity index (χ0v) is 23.3. The van der Waals surface area contributed by atoms with Gasteiger partial charge in [-0.05, 0) is 45.9 Å². The Hall–Kier alpha value is -2.93. The van der Waals surface area contributed by atoms with Crippen molar-refractivity contribution in [3.8, 4) is 0 Å². The molecule has 2 aliphatic heterocycles. The monoisotopic (exact) mass is 558 g/mol. The average molecular weight is 559 g/mol. The van der Waals surface area contributed by atoms with E-state index in [1.165, 1.54) is 13.8 Å². The van der Waals surface area contributed by atoms with E-state index in [1.54, 1.807) is 13.8 Å². The summed E-state index contributed by atoms with van der Waals surface area (Å²) in [5, 5.41) is 13.5. The van der Waals surface area contributed by atoms with Crippen molar-refractivity contribution in [2.24, 2.45) is 0 Å². The van der Waals surface area contributed by atoms with Crippen LogP contribution in [-0.4, -0.2) is 77.4 Å². The minimum Gasteiger partial charge on any atom is -0.466 e. The first kappa shape index (κ1) is 31.3. The van der Waals surface area contributed by atoms with Crippen LogP contribution in [0.4, 0.5) is 0 Å². The maximum absolute atomic E-state index is 13.0.